The van der Waals surface area contributed by atoms with Crippen molar-refractivity contribution in [3.05, 3.63) is 65.4 Å². The Labute approximate surface area is 193 Å². The van der Waals surface area contributed by atoms with Crippen LogP contribution in [-0.2, 0) is 6.18 Å². The first-order chi connectivity index (χ1) is 16.2. The van der Waals surface area contributed by atoms with Gasteiger partial charge in [-0.15, -0.1) is 0 Å². The summed E-state index contributed by atoms with van der Waals surface area (Å²) in [5.74, 6) is -0.801. The Morgan fingerprint density at radius 1 is 1.18 bits per heavy atom. The summed E-state index contributed by atoms with van der Waals surface area (Å²) < 4.78 is 53.4. The van der Waals surface area contributed by atoms with Gasteiger partial charge in [0.2, 0.25) is 0 Å². The molecule has 1 aliphatic rings. The molecule has 2 aromatic heterocycles. The van der Waals surface area contributed by atoms with Gasteiger partial charge in [0.25, 0.3) is 5.91 Å². The number of nitrogens with zero attached hydrogens (tertiary/aromatic N) is 5. The maximum Gasteiger partial charge on any atom is 0.417 e. The number of hydrogen-bond acceptors (Lipinski definition) is 5. The van der Waals surface area contributed by atoms with E-state index in [9.17, 15) is 18.0 Å². The molecule has 1 amide bonds. The summed E-state index contributed by atoms with van der Waals surface area (Å²) in [5, 5.41) is 11.2. The second-order valence-electron chi connectivity index (χ2n) is 8.40. The van der Waals surface area contributed by atoms with Crippen molar-refractivity contribution < 1.29 is 22.4 Å². The van der Waals surface area contributed by atoms with Crippen LogP contribution < -0.4 is 5.32 Å². The summed E-state index contributed by atoms with van der Waals surface area (Å²) in [6, 6.07) is 4.71. The van der Waals surface area contributed by atoms with Crippen LogP contribution in [0, 0.1) is 18.7 Å². The van der Waals surface area contributed by atoms with Crippen LogP contribution in [0.1, 0.15) is 41.3 Å². The van der Waals surface area contributed by atoms with E-state index in [1.54, 1.807) is 17.9 Å². The molecule has 180 valence electrons. The van der Waals surface area contributed by atoms with Crippen molar-refractivity contribution >= 4 is 11.7 Å². The van der Waals surface area contributed by atoms with Gasteiger partial charge in [-0.05, 0) is 49.4 Å². The van der Waals surface area contributed by atoms with Gasteiger partial charge in [-0.2, -0.15) is 28.2 Å². The maximum atomic E-state index is 15.0. The average molecular weight is 476 g/mol. The fraction of sp³-hybridized carbons (Fsp3) is 0.391. The molecule has 7 nitrogen and oxygen atoms in total. The minimum atomic E-state index is -4.47. The molecule has 4 rings (SSSR count). The van der Waals surface area contributed by atoms with E-state index in [1.807, 2.05) is 6.92 Å². The molecule has 2 atom stereocenters. The third-order valence-corrected chi connectivity index (χ3v) is 6.12. The van der Waals surface area contributed by atoms with Crippen LogP contribution in [0.4, 0.5) is 23.4 Å². The maximum absolute atomic E-state index is 15.0. The number of halogens is 4. The molecule has 11 heteroatoms. The fourth-order valence-electron chi connectivity index (χ4n) is 4.29. The molecule has 3 aromatic rings. The van der Waals surface area contributed by atoms with Crippen LogP contribution in [0.25, 0.3) is 5.69 Å². The highest BCUT2D eigenvalue weighted by atomic mass is 19.4. The van der Waals surface area contributed by atoms with Gasteiger partial charge in [-0.1, -0.05) is 13.0 Å². The van der Waals surface area contributed by atoms with Crippen LogP contribution in [-0.4, -0.2) is 49.9 Å². The van der Waals surface area contributed by atoms with E-state index in [1.165, 1.54) is 29.3 Å². The van der Waals surface area contributed by atoms with Gasteiger partial charge in [0.05, 0.1) is 24.0 Å². The third kappa shape index (κ3) is 4.73. The number of likely N-dealkylation sites (tertiary alicyclic amines) is 1. The highest BCUT2D eigenvalue weighted by molar-refractivity contribution is 5.98. The first kappa shape index (κ1) is 23.7. The first-order valence-electron chi connectivity index (χ1n) is 10.9. The summed E-state index contributed by atoms with van der Waals surface area (Å²) in [6.07, 6.45) is 0.814. The van der Waals surface area contributed by atoms with Gasteiger partial charge in [0, 0.05) is 19.3 Å². The monoisotopic (exact) mass is 476 g/mol. The Morgan fingerprint density at radius 2 is 1.91 bits per heavy atom. The Hall–Kier alpha value is -3.50. The Balaban J connectivity index is 1.60. The van der Waals surface area contributed by atoms with Crippen molar-refractivity contribution in [3.8, 4) is 5.69 Å². The predicted octanol–water partition coefficient (Wildman–Crippen LogP) is 4.48. The molecule has 34 heavy (non-hydrogen) atoms. The van der Waals surface area contributed by atoms with Gasteiger partial charge in [0.15, 0.2) is 0 Å². The normalized spacial score (nSPS) is 18.7. The molecule has 3 heterocycles. The van der Waals surface area contributed by atoms with Gasteiger partial charge in [0.1, 0.15) is 22.9 Å². The molecular weight excluding hydrogens is 452 g/mol. The third-order valence-electron chi connectivity index (χ3n) is 6.12. The van der Waals surface area contributed by atoms with Crippen molar-refractivity contribution in [2.24, 2.45) is 5.92 Å². The van der Waals surface area contributed by atoms with E-state index >= 15 is 4.39 Å². The van der Waals surface area contributed by atoms with Crippen molar-refractivity contribution in [2.75, 3.05) is 18.4 Å². The van der Waals surface area contributed by atoms with Crippen LogP contribution in [0.15, 0.2) is 42.9 Å². The van der Waals surface area contributed by atoms with E-state index in [0.717, 1.165) is 25.1 Å². The van der Waals surface area contributed by atoms with Crippen molar-refractivity contribution in [2.45, 2.75) is 38.9 Å². The molecule has 1 saturated heterocycles. The zero-order valence-electron chi connectivity index (χ0n) is 18.7. The Kier molecular flexibility index (Phi) is 6.54. The number of hydrogen-bond donors (Lipinski definition) is 1. The predicted molar refractivity (Wildman–Crippen MR) is 117 cm³/mol. The number of aryl methyl sites for hydroxylation is 1. The van der Waals surface area contributed by atoms with Crippen molar-refractivity contribution in [1.82, 2.24) is 24.9 Å². The van der Waals surface area contributed by atoms with Crippen LogP contribution in [0.5, 0.6) is 0 Å². The summed E-state index contributed by atoms with van der Waals surface area (Å²) >= 11 is 0. The van der Waals surface area contributed by atoms with Gasteiger partial charge in [-0.3, -0.25) is 4.79 Å². The molecule has 0 radical (unpaired) electrons. The van der Waals surface area contributed by atoms with Gasteiger partial charge >= 0.3 is 6.18 Å². The van der Waals surface area contributed by atoms with E-state index in [0.29, 0.717) is 12.1 Å². The molecule has 0 aliphatic carbocycles. The Bertz CT molecular complexity index is 1150. The molecule has 0 bridgehead atoms. The molecule has 1 unspecified atom stereocenters. The largest absolute Gasteiger partial charge is 0.417 e. The number of benzene rings is 1. The molecule has 1 aliphatic heterocycles. The lowest BCUT2D eigenvalue weighted by Crippen LogP contribution is -2.51. The Morgan fingerprint density at radius 3 is 2.56 bits per heavy atom. The smallest absolute Gasteiger partial charge is 0.368 e. The topological polar surface area (TPSA) is 75.9 Å². The first-order valence-corrected chi connectivity index (χ1v) is 10.9. The number of alkyl halides is 3. The van der Waals surface area contributed by atoms with E-state index in [2.05, 4.69) is 20.5 Å². The standard InChI is InChI=1S/C23H24F4N6O/c1-14-4-3-11-32(18(14)13-29-19-8-6-16(12-28-19)23(25,26)27)22(34)20-17(24)7-5-15(2)21(20)33-30-9-10-31-33/h5-10,12,14,18H,3-4,11,13H2,1-2H3,(H,28,29)/t14?,18-/m1/s1. The minimum Gasteiger partial charge on any atom is -0.368 e. The second-order valence-corrected chi connectivity index (χ2v) is 8.40. The zero-order valence-corrected chi connectivity index (χ0v) is 18.7. The lowest BCUT2D eigenvalue weighted by atomic mass is 9.89. The number of amides is 1. The molecular formula is C23H24F4N6O. The quantitative estimate of drug-likeness (QED) is 0.550. The molecule has 1 N–H and O–H groups in total. The number of aromatic nitrogens is 4. The van der Waals surface area contributed by atoms with Crippen LogP contribution in [0.3, 0.4) is 0 Å². The number of pyridine rings is 1. The van der Waals surface area contributed by atoms with Gasteiger partial charge in [-0.25, -0.2) is 9.37 Å². The number of rotatable bonds is 5. The summed E-state index contributed by atoms with van der Waals surface area (Å²) in [7, 11) is 0. The SMILES string of the molecule is Cc1ccc(F)c(C(=O)N2CCCC(C)[C@H]2CNc2ccc(C(F)(F)F)cn2)c1-n1nccn1. The average Bonchev–Trinajstić information content (AvgIpc) is 3.33. The van der Waals surface area contributed by atoms with Gasteiger partial charge < -0.3 is 10.2 Å². The van der Waals surface area contributed by atoms with E-state index in [4.69, 9.17) is 0 Å². The summed E-state index contributed by atoms with van der Waals surface area (Å²) in [4.78, 5) is 20.4. The van der Waals surface area contributed by atoms with Crippen LogP contribution in [0.2, 0.25) is 0 Å². The lowest BCUT2D eigenvalue weighted by molar-refractivity contribution is -0.137. The lowest BCUT2D eigenvalue weighted by Gasteiger charge is -2.40. The number of piperidine rings is 1. The molecule has 0 saturated carbocycles. The molecule has 1 aromatic carbocycles. The molecule has 1 fully saturated rings. The minimum absolute atomic E-state index is 0.0822. The summed E-state index contributed by atoms with van der Waals surface area (Å²) in [5.41, 5.74) is -0.0162. The van der Waals surface area contributed by atoms with Crippen molar-refractivity contribution in [3.63, 3.8) is 0 Å². The number of anilines is 1. The van der Waals surface area contributed by atoms with E-state index in [-0.39, 0.29) is 35.6 Å². The highest BCUT2D eigenvalue weighted by Gasteiger charge is 2.35. The highest BCUT2D eigenvalue weighted by Crippen LogP contribution is 2.31. The summed E-state index contributed by atoms with van der Waals surface area (Å²) in [6.45, 7) is 4.43. The second kappa shape index (κ2) is 9.40. The van der Waals surface area contributed by atoms with Crippen LogP contribution >= 0.6 is 0 Å². The van der Waals surface area contributed by atoms with Crippen molar-refractivity contribution in [1.29, 1.82) is 0 Å². The van der Waals surface area contributed by atoms with E-state index < -0.39 is 23.5 Å². The number of nitrogens with one attached hydrogen (secondary N) is 1. The zero-order chi connectivity index (χ0) is 24.5. The number of carbonyl (C=O) groups is 1. The fourth-order valence-corrected chi connectivity index (χ4v) is 4.29. The number of carbonyl (C=O) groups excluding carboxylic acids is 1. The molecule has 0 spiro atoms.